The van der Waals surface area contributed by atoms with E-state index in [0.717, 1.165) is 17.9 Å². The number of nitrogens with two attached hydrogens (primary N) is 1. The number of halogens is 2. The van der Waals surface area contributed by atoms with Crippen molar-refractivity contribution < 1.29 is 0 Å². The van der Waals surface area contributed by atoms with E-state index in [4.69, 9.17) is 5.73 Å². The van der Waals surface area contributed by atoms with Gasteiger partial charge in [-0.2, -0.15) is 0 Å². The maximum absolute atomic E-state index is 6.01. The monoisotopic (exact) mass is 294 g/mol. The van der Waals surface area contributed by atoms with Crippen LogP contribution in [0.4, 0.5) is 0 Å². The lowest BCUT2D eigenvalue weighted by Gasteiger charge is -2.36. The Bertz CT molecular complexity index is 220. The van der Waals surface area contributed by atoms with Gasteiger partial charge in [-0.15, -0.1) is 24.8 Å². The van der Waals surface area contributed by atoms with Crippen molar-refractivity contribution in [1.29, 1.82) is 0 Å². The maximum atomic E-state index is 6.01. The van der Waals surface area contributed by atoms with Crippen LogP contribution < -0.4 is 5.73 Å². The highest BCUT2D eigenvalue weighted by Crippen LogP contribution is 2.36. The highest BCUT2D eigenvalue weighted by molar-refractivity contribution is 5.85. The molecule has 3 aliphatic carbocycles. The average molecular weight is 295 g/mol. The molecule has 0 bridgehead atoms. The molecule has 2 nitrogen and oxygen atoms in total. The van der Waals surface area contributed by atoms with Crippen molar-refractivity contribution in [1.82, 2.24) is 4.90 Å². The minimum absolute atomic E-state index is 0. The Balaban J connectivity index is 0.000000810. The van der Waals surface area contributed by atoms with Crippen LogP contribution in [0.15, 0.2) is 0 Å². The topological polar surface area (TPSA) is 29.3 Å². The summed E-state index contributed by atoms with van der Waals surface area (Å²) in [5.41, 5.74) is 6.01. The lowest BCUT2D eigenvalue weighted by molar-refractivity contribution is 0.137. The Morgan fingerprint density at radius 1 is 0.722 bits per heavy atom. The van der Waals surface area contributed by atoms with E-state index in [1.54, 1.807) is 0 Å². The Kier molecular flexibility index (Phi) is 6.74. The van der Waals surface area contributed by atoms with Crippen LogP contribution in [0.5, 0.6) is 0 Å². The van der Waals surface area contributed by atoms with Gasteiger partial charge in [0, 0.05) is 25.2 Å². The quantitative estimate of drug-likeness (QED) is 0.844. The molecule has 0 saturated heterocycles. The van der Waals surface area contributed by atoms with Crippen LogP contribution in [-0.4, -0.2) is 30.1 Å². The van der Waals surface area contributed by atoms with E-state index in [9.17, 15) is 0 Å². The maximum Gasteiger partial charge on any atom is 0.00966 e. The van der Waals surface area contributed by atoms with Crippen LogP contribution in [0.25, 0.3) is 0 Å². The van der Waals surface area contributed by atoms with Gasteiger partial charge in [-0.05, 0) is 63.2 Å². The van der Waals surface area contributed by atoms with Gasteiger partial charge < -0.3 is 5.73 Å². The van der Waals surface area contributed by atoms with Gasteiger partial charge in [0.15, 0.2) is 0 Å². The van der Waals surface area contributed by atoms with E-state index in [1.165, 1.54) is 64.5 Å². The molecule has 2 N–H and O–H groups in total. The molecule has 0 aromatic carbocycles. The second kappa shape index (κ2) is 7.33. The zero-order chi connectivity index (χ0) is 11.0. The van der Waals surface area contributed by atoms with Gasteiger partial charge in [0.2, 0.25) is 0 Å². The molecule has 108 valence electrons. The molecule has 4 heteroatoms. The molecule has 0 amide bonds. The van der Waals surface area contributed by atoms with Gasteiger partial charge in [0.05, 0.1) is 0 Å². The first kappa shape index (κ1) is 16.6. The predicted molar refractivity (Wildman–Crippen MR) is 81.7 cm³/mol. The largest absolute Gasteiger partial charge is 0.328 e. The summed E-state index contributed by atoms with van der Waals surface area (Å²) < 4.78 is 0. The van der Waals surface area contributed by atoms with Gasteiger partial charge in [-0.25, -0.2) is 0 Å². The van der Waals surface area contributed by atoms with Crippen LogP contribution in [0.3, 0.4) is 0 Å². The second-order valence-electron chi connectivity index (χ2n) is 6.41. The van der Waals surface area contributed by atoms with Crippen molar-refractivity contribution in [2.24, 2.45) is 17.6 Å². The number of hydrogen-bond acceptors (Lipinski definition) is 2. The molecule has 0 aliphatic heterocycles. The minimum atomic E-state index is 0. The fourth-order valence-corrected chi connectivity index (χ4v) is 3.10. The van der Waals surface area contributed by atoms with Crippen molar-refractivity contribution in [3.63, 3.8) is 0 Å². The third-order valence-corrected chi connectivity index (χ3v) is 4.64. The summed E-state index contributed by atoms with van der Waals surface area (Å²) >= 11 is 0. The fourth-order valence-electron chi connectivity index (χ4n) is 3.10. The first-order valence-corrected chi connectivity index (χ1v) is 7.31. The molecule has 0 radical (unpaired) electrons. The van der Waals surface area contributed by atoms with E-state index in [-0.39, 0.29) is 24.8 Å². The summed E-state index contributed by atoms with van der Waals surface area (Å²) in [5.74, 6) is 2.10. The van der Waals surface area contributed by atoms with Gasteiger partial charge in [0.25, 0.3) is 0 Å². The zero-order valence-electron chi connectivity index (χ0n) is 11.2. The van der Waals surface area contributed by atoms with Crippen LogP contribution in [0, 0.1) is 11.8 Å². The van der Waals surface area contributed by atoms with Crippen molar-refractivity contribution in [2.45, 2.75) is 63.5 Å². The third-order valence-electron chi connectivity index (χ3n) is 4.64. The lowest BCUT2D eigenvalue weighted by Crippen LogP contribution is -2.42. The van der Waals surface area contributed by atoms with Crippen molar-refractivity contribution in [3.05, 3.63) is 0 Å². The standard InChI is InChI=1S/C14H26N2.2ClH/c15-13-5-7-14(8-6-13)16(9-11-1-2-11)10-12-3-4-12;;/h11-14H,1-10,15H2;2*1H/t13-,14-;;. The van der Waals surface area contributed by atoms with Crippen LogP contribution >= 0.6 is 24.8 Å². The number of hydrogen-bond donors (Lipinski definition) is 1. The second-order valence-corrected chi connectivity index (χ2v) is 6.41. The molecular weight excluding hydrogens is 267 g/mol. The molecule has 0 unspecified atom stereocenters. The molecule has 0 spiro atoms. The molecule has 3 aliphatic rings. The number of nitrogens with zero attached hydrogens (tertiary/aromatic N) is 1. The van der Waals surface area contributed by atoms with Crippen molar-refractivity contribution in [2.75, 3.05) is 13.1 Å². The summed E-state index contributed by atoms with van der Waals surface area (Å²) in [4.78, 5) is 2.83. The molecule has 3 saturated carbocycles. The molecule has 0 atom stereocenters. The Labute approximate surface area is 124 Å². The normalized spacial score (nSPS) is 31.7. The minimum Gasteiger partial charge on any atom is -0.328 e. The third kappa shape index (κ3) is 4.88. The summed E-state index contributed by atoms with van der Waals surface area (Å²) in [6, 6.07) is 1.38. The molecule has 0 aromatic heterocycles. The van der Waals surface area contributed by atoms with Crippen LogP contribution in [-0.2, 0) is 0 Å². The Morgan fingerprint density at radius 3 is 1.56 bits per heavy atom. The summed E-state index contributed by atoms with van der Waals surface area (Å²) in [7, 11) is 0. The molecule has 3 rings (SSSR count). The molecule has 18 heavy (non-hydrogen) atoms. The average Bonchev–Trinajstić information content (AvgIpc) is 3.12. The van der Waals surface area contributed by atoms with Crippen LogP contribution in [0.2, 0.25) is 0 Å². The van der Waals surface area contributed by atoms with E-state index in [1.807, 2.05) is 0 Å². The summed E-state index contributed by atoms with van der Waals surface area (Å²) in [6.45, 7) is 2.80. The molecule has 0 heterocycles. The fraction of sp³-hybridized carbons (Fsp3) is 1.00. The highest BCUT2D eigenvalue weighted by Gasteiger charge is 2.33. The van der Waals surface area contributed by atoms with Gasteiger partial charge in [-0.1, -0.05) is 0 Å². The smallest absolute Gasteiger partial charge is 0.00966 e. The van der Waals surface area contributed by atoms with E-state index in [2.05, 4.69) is 4.90 Å². The Morgan fingerprint density at radius 2 is 1.17 bits per heavy atom. The van der Waals surface area contributed by atoms with Gasteiger partial charge in [-0.3, -0.25) is 4.90 Å². The van der Waals surface area contributed by atoms with Gasteiger partial charge in [0.1, 0.15) is 0 Å². The zero-order valence-corrected chi connectivity index (χ0v) is 12.9. The SMILES string of the molecule is Cl.Cl.N[C@H]1CC[C@H](N(CC2CC2)CC2CC2)CC1. The lowest BCUT2D eigenvalue weighted by atomic mass is 9.90. The summed E-state index contributed by atoms with van der Waals surface area (Å²) in [6.07, 6.45) is 11.2. The first-order valence-electron chi connectivity index (χ1n) is 7.31. The van der Waals surface area contributed by atoms with Crippen molar-refractivity contribution in [3.8, 4) is 0 Å². The molecular formula is C14H28Cl2N2. The van der Waals surface area contributed by atoms with Gasteiger partial charge >= 0.3 is 0 Å². The first-order chi connectivity index (χ1) is 7.81. The Hall–Kier alpha value is 0.500. The van der Waals surface area contributed by atoms with E-state index >= 15 is 0 Å². The molecule has 3 fully saturated rings. The highest BCUT2D eigenvalue weighted by atomic mass is 35.5. The van der Waals surface area contributed by atoms with Crippen LogP contribution in [0.1, 0.15) is 51.4 Å². The summed E-state index contributed by atoms with van der Waals surface area (Å²) in [5, 5.41) is 0. The molecule has 0 aromatic rings. The van der Waals surface area contributed by atoms with Crippen molar-refractivity contribution >= 4 is 24.8 Å². The number of rotatable bonds is 5. The van der Waals surface area contributed by atoms with E-state index < -0.39 is 0 Å². The van der Waals surface area contributed by atoms with E-state index in [0.29, 0.717) is 6.04 Å². The predicted octanol–water partition coefficient (Wildman–Crippen LogP) is 3.22.